The first-order valence-electron chi connectivity index (χ1n) is 9.85. The molecule has 0 aromatic heterocycles. The van der Waals surface area contributed by atoms with E-state index >= 15 is 0 Å². The van der Waals surface area contributed by atoms with Crippen LogP contribution in [0.1, 0.15) is 34.0 Å². The van der Waals surface area contributed by atoms with Crippen LogP contribution in [0.25, 0.3) is 0 Å². The molecule has 0 atom stereocenters. The van der Waals surface area contributed by atoms with Gasteiger partial charge in [0.25, 0.3) is 0 Å². The molecule has 0 heterocycles. The number of para-hydroxylation sites is 1. The highest BCUT2D eigenvalue weighted by molar-refractivity contribution is 5.95. The van der Waals surface area contributed by atoms with E-state index in [0.717, 1.165) is 34.5 Å². The molecule has 3 aromatic carbocycles. The van der Waals surface area contributed by atoms with Crippen LogP contribution in [0.3, 0.4) is 0 Å². The van der Waals surface area contributed by atoms with E-state index in [1.807, 2.05) is 54.6 Å². The van der Waals surface area contributed by atoms with Crippen LogP contribution >= 0.6 is 0 Å². The Bertz CT molecular complexity index is 1030. The van der Waals surface area contributed by atoms with Gasteiger partial charge in [0.2, 0.25) is 5.91 Å². The Hall–Kier alpha value is -3.60. The Morgan fingerprint density at radius 2 is 1.67 bits per heavy atom. The first kappa shape index (κ1) is 21.1. The van der Waals surface area contributed by atoms with Crippen LogP contribution in [0, 0.1) is 0 Å². The number of carbonyl (C=O) groups is 2. The second-order valence-electron chi connectivity index (χ2n) is 6.99. The number of benzene rings is 3. The summed E-state index contributed by atoms with van der Waals surface area (Å²) in [6.45, 7) is 2.35. The number of rotatable bonds is 8. The molecule has 0 aliphatic rings. The van der Waals surface area contributed by atoms with Crippen molar-refractivity contribution in [2.75, 3.05) is 12.0 Å². The average Bonchev–Trinajstić information content (AvgIpc) is 2.78. The lowest BCUT2D eigenvalue weighted by atomic mass is 10.1. The predicted octanol–water partition coefficient (Wildman–Crippen LogP) is 4.73. The second kappa shape index (κ2) is 9.74. The highest BCUT2D eigenvalue weighted by atomic mass is 16.5. The number of carboxylic acids is 1. The van der Waals surface area contributed by atoms with E-state index in [1.165, 1.54) is 0 Å². The molecule has 0 spiro atoms. The van der Waals surface area contributed by atoms with Gasteiger partial charge in [-0.2, -0.15) is 0 Å². The fraction of sp³-hybridized carbons (Fsp3) is 0.200. The predicted molar refractivity (Wildman–Crippen MR) is 117 cm³/mol. The van der Waals surface area contributed by atoms with Gasteiger partial charge in [0.1, 0.15) is 5.75 Å². The van der Waals surface area contributed by atoms with Crippen LogP contribution in [-0.2, 0) is 24.2 Å². The molecular weight excluding hydrogens is 378 g/mol. The molecule has 5 nitrogen and oxygen atoms in total. The molecule has 1 N–H and O–H groups in total. The summed E-state index contributed by atoms with van der Waals surface area (Å²) in [4.78, 5) is 26.4. The summed E-state index contributed by atoms with van der Waals surface area (Å²) in [6.07, 6.45) is 1.03. The van der Waals surface area contributed by atoms with Crippen LogP contribution in [0.4, 0.5) is 5.69 Å². The summed E-state index contributed by atoms with van der Waals surface area (Å²) in [7, 11) is 1.61. The quantitative estimate of drug-likeness (QED) is 0.590. The van der Waals surface area contributed by atoms with Gasteiger partial charge in [0, 0.05) is 5.69 Å². The molecule has 0 bridgehead atoms. The van der Waals surface area contributed by atoms with Crippen molar-refractivity contribution in [3.8, 4) is 5.75 Å². The lowest BCUT2D eigenvalue weighted by Crippen LogP contribution is -2.32. The standard InChI is InChI=1S/C25H25NO4/c1-3-20-8-4-5-10-23(20)26(17-19-7-6-9-21(15-19)25(28)29)24(27)16-18-11-13-22(30-2)14-12-18/h4-15H,3,16-17H2,1-2H3,(H,28,29). The third-order valence-electron chi connectivity index (χ3n) is 4.99. The number of hydrogen-bond acceptors (Lipinski definition) is 3. The van der Waals surface area contributed by atoms with Crippen molar-refractivity contribution < 1.29 is 19.4 Å². The van der Waals surface area contributed by atoms with Crippen molar-refractivity contribution in [3.05, 3.63) is 95.1 Å². The average molecular weight is 403 g/mol. The Balaban J connectivity index is 1.93. The van der Waals surface area contributed by atoms with Gasteiger partial charge in [-0.15, -0.1) is 0 Å². The number of aromatic carboxylic acids is 1. The van der Waals surface area contributed by atoms with Crippen molar-refractivity contribution in [2.45, 2.75) is 26.3 Å². The monoisotopic (exact) mass is 403 g/mol. The fourth-order valence-corrected chi connectivity index (χ4v) is 3.38. The minimum atomic E-state index is -0.984. The zero-order valence-electron chi connectivity index (χ0n) is 17.2. The first-order chi connectivity index (χ1) is 14.5. The molecular formula is C25H25NO4. The molecule has 1 amide bonds. The highest BCUT2D eigenvalue weighted by Gasteiger charge is 2.19. The minimum Gasteiger partial charge on any atom is -0.497 e. The lowest BCUT2D eigenvalue weighted by Gasteiger charge is -2.26. The Morgan fingerprint density at radius 3 is 2.33 bits per heavy atom. The Morgan fingerprint density at radius 1 is 0.933 bits per heavy atom. The maximum absolute atomic E-state index is 13.3. The van der Waals surface area contributed by atoms with Crippen LogP contribution in [-0.4, -0.2) is 24.1 Å². The zero-order valence-corrected chi connectivity index (χ0v) is 17.2. The van der Waals surface area contributed by atoms with E-state index in [-0.39, 0.29) is 17.9 Å². The van der Waals surface area contributed by atoms with Crippen molar-refractivity contribution in [3.63, 3.8) is 0 Å². The van der Waals surface area contributed by atoms with Gasteiger partial charge in [0.15, 0.2) is 0 Å². The molecule has 0 unspecified atom stereocenters. The van der Waals surface area contributed by atoms with Gasteiger partial charge in [0.05, 0.1) is 25.6 Å². The summed E-state index contributed by atoms with van der Waals surface area (Å²) >= 11 is 0. The number of aryl methyl sites for hydroxylation is 1. The van der Waals surface area contributed by atoms with Crippen LogP contribution in [0.2, 0.25) is 0 Å². The van der Waals surface area contributed by atoms with E-state index in [1.54, 1.807) is 30.2 Å². The third-order valence-corrected chi connectivity index (χ3v) is 4.99. The highest BCUT2D eigenvalue weighted by Crippen LogP contribution is 2.25. The van der Waals surface area contributed by atoms with Crippen molar-refractivity contribution in [1.82, 2.24) is 0 Å². The fourth-order valence-electron chi connectivity index (χ4n) is 3.38. The smallest absolute Gasteiger partial charge is 0.335 e. The van der Waals surface area contributed by atoms with E-state index < -0.39 is 5.97 Å². The molecule has 154 valence electrons. The molecule has 0 saturated heterocycles. The number of hydrogen-bond donors (Lipinski definition) is 1. The van der Waals surface area contributed by atoms with E-state index in [2.05, 4.69) is 6.92 Å². The van der Waals surface area contributed by atoms with E-state index in [9.17, 15) is 14.7 Å². The lowest BCUT2D eigenvalue weighted by molar-refractivity contribution is -0.118. The van der Waals surface area contributed by atoms with Gasteiger partial charge in [-0.3, -0.25) is 4.79 Å². The van der Waals surface area contributed by atoms with Crippen molar-refractivity contribution >= 4 is 17.6 Å². The number of nitrogens with zero attached hydrogens (tertiary/aromatic N) is 1. The van der Waals surface area contributed by atoms with Gasteiger partial charge < -0.3 is 14.7 Å². The van der Waals surface area contributed by atoms with Crippen LogP contribution in [0.5, 0.6) is 5.75 Å². The molecule has 30 heavy (non-hydrogen) atoms. The largest absolute Gasteiger partial charge is 0.497 e. The summed E-state index contributed by atoms with van der Waals surface area (Å²) in [5.74, 6) is -0.298. The minimum absolute atomic E-state index is 0.0539. The zero-order chi connectivity index (χ0) is 21.5. The number of ether oxygens (including phenoxy) is 1. The topological polar surface area (TPSA) is 66.8 Å². The van der Waals surface area contributed by atoms with Crippen molar-refractivity contribution in [1.29, 1.82) is 0 Å². The van der Waals surface area contributed by atoms with Gasteiger partial charge in [-0.05, 0) is 53.4 Å². The number of anilines is 1. The molecule has 0 aliphatic heterocycles. The van der Waals surface area contributed by atoms with Crippen molar-refractivity contribution in [2.24, 2.45) is 0 Å². The van der Waals surface area contributed by atoms with Crippen LogP contribution in [0.15, 0.2) is 72.8 Å². The number of amides is 1. The number of carboxylic acid groups (broad SMARTS) is 1. The summed E-state index contributed by atoms with van der Waals surface area (Å²) in [6, 6.07) is 22.0. The second-order valence-corrected chi connectivity index (χ2v) is 6.99. The molecule has 0 fully saturated rings. The van der Waals surface area contributed by atoms with Gasteiger partial charge >= 0.3 is 5.97 Å². The Labute approximate surface area is 176 Å². The van der Waals surface area contributed by atoms with Gasteiger partial charge in [-0.25, -0.2) is 4.79 Å². The van der Waals surface area contributed by atoms with Gasteiger partial charge in [-0.1, -0.05) is 49.4 Å². The first-order valence-corrected chi connectivity index (χ1v) is 9.85. The Kier molecular flexibility index (Phi) is 6.86. The maximum Gasteiger partial charge on any atom is 0.335 e. The van der Waals surface area contributed by atoms with E-state index in [4.69, 9.17) is 4.74 Å². The number of carbonyl (C=O) groups excluding carboxylic acids is 1. The molecule has 3 aromatic rings. The third kappa shape index (κ3) is 5.06. The normalized spacial score (nSPS) is 10.5. The number of methoxy groups -OCH3 is 1. The molecule has 0 saturated carbocycles. The van der Waals surface area contributed by atoms with E-state index in [0.29, 0.717) is 6.54 Å². The molecule has 5 heteroatoms. The molecule has 3 rings (SSSR count). The summed E-state index contributed by atoms with van der Waals surface area (Å²) in [5.41, 5.74) is 3.77. The summed E-state index contributed by atoms with van der Waals surface area (Å²) in [5, 5.41) is 9.30. The SMILES string of the molecule is CCc1ccccc1N(Cc1cccc(C(=O)O)c1)C(=O)Cc1ccc(OC)cc1. The maximum atomic E-state index is 13.3. The molecule has 0 radical (unpaired) electrons. The van der Waals surface area contributed by atoms with Crippen LogP contribution < -0.4 is 9.64 Å². The summed E-state index contributed by atoms with van der Waals surface area (Å²) < 4.78 is 5.19. The molecule has 0 aliphatic carbocycles.